The smallest absolute Gasteiger partial charge is 0.263 e. The van der Waals surface area contributed by atoms with E-state index in [9.17, 15) is 18.0 Å². The number of amides is 1. The zero-order valence-electron chi connectivity index (χ0n) is 12.1. The van der Waals surface area contributed by atoms with Crippen molar-refractivity contribution < 1.29 is 18.0 Å². The van der Waals surface area contributed by atoms with Gasteiger partial charge >= 0.3 is 0 Å². The van der Waals surface area contributed by atoms with Gasteiger partial charge in [0.25, 0.3) is 5.91 Å². The highest BCUT2D eigenvalue weighted by molar-refractivity contribution is 7.88. The number of ketones is 1. The molecule has 1 aliphatic rings. The molecule has 1 aromatic heterocycles. The largest absolute Gasteiger partial charge is 0.365 e. The number of hydrazine groups is 1. The van der Waals surface area contributed by atoms with Crippen LogP contribution in [0.3, 0.4) is 0 Å². The van der Waals surface area contributed by atoms with Crippen LogP contribution in [-0.4, -0.2) is 44.4 Å². The minimum Gasteiger partial charge on any atom is -0.365 e. The number of halogens is 1. The van der Waals surface area contributed by atoms with Crippen molar-refractivity contribution in [2.24, 2.45) is 0 Å². The maximum atomic E-state index is 12.1. The fraction of sp³-hybridized carbons (Fsp3) is 0.231. The molecule has 0 fully saturated rings. The van der Waals surface area contributed by atoms with E-state index in [1.54, 1.807) is 35.4 Å². The van der Waals surface area contributed by atoms with Crippen molar-refractivity contribution in [2.75, 3.05) is 19.3 Å². The number of hydrogen-bond donors (Lipinski definition) is 2. The minimum atomic E-state index is -3.53. The molecule has 0 atom stereocenters. The first kappa shape index (κ1) is 17.7. The molecular formula is C13H14ClN3O4S2. The summed E-state index contributed by atoms with van der Waals surface area (Å²) in [7, 11) is -3.53. The second-order valence-electron chi connectivity index (χ2n) is 4.79. The molecule has 1 aromatic rings. The van der Waals surface area contributed by atoms with Crippen LogP contribution in [-0.2, 0) is 14.8 Å². The number of nitrogens with one attached hydrogen (secondary N) is 2. The summed E-state index contributed by atoms with van der Waals surface area (Å²) >= 11 is 7.00. The van der Waals surface area contributed by atoms with E-state index in [1.165, 1.54) is 11.3 Å². The van der Waals surface area contributed by atoms with Gasteiger partial charge in [-0.3, -0.25) is 15.0 Å². The molecule has 0 bridgehead atoms. The first-order chi connectivity index (χ1) is 10.7. The molecule has 1 aliphatic heterocycles. The number of Topliss-reactive ketones (excluding diaryl/α,β-unsaturated/α-hetero) is 1. The summed E-state index contributed by atoms with van der Waals surface area (Å²) in [5.41, 5.74) is 2.43. The Morgan fingerprint density at radius 1 is 1.39 bits per heavy atom. The SMILES string of the molecule is CS(=O)(=O)NNC(=O)C1=CC=CN(CC(=O)c2ccc(Cl)s2)C1. The molecule has 1 amide bonds. The Hall–Kier alpha value is -1.68. The molecule has 0 saturated carbocycles. The maximum Gasteiger partial charge on any atom is 0.263 e. The highest BCUT2D eigenvalue weighted by atomic mass is 35.5. The molecular weight excluding hydrogens is 362 g/mol. The van der Waals surface area contributed by atoms with Gasteiger partial charge in [-0.05, 0) is 24.4 Å². The summed E-state index contributed by atoms with van der Waals surface area (Å²) in [6.07, 6.45) is 5.79. The lowest BCUT2D eigenvalue weighted by Crippen LogP contribution is -2.43. The number of carbonyl (C=O) groups excluding carboxylic acids is 2. The molecule has 2 heterocycles. The third-order valence-corrected chi connectivity index (χ3v) is 4.55. The van der Waals surface area contributed by atoms with Crippen molar-refractivity contribution in [1.82, 2.24) is 15.2 Å². The molecule has 0 unspecified atom stereocenters. The van der Waals surface area contributed by atoms with Gasteiger partial charge in [0, 0.05) is 12.1 Å². The summed E-state index contributed by atoms with van der Waals surface area (Å²) in [5, 5.41) is 0. The van der Waals surface area contributed by atoms with Crippen LogP contribution < -0.4 is 10.3 Å². The highest BCUT2D eigenvalue weighted by Crippen LogP contribution is 2.22. The van der Waals surface area contributed by atoms with Crippen molar-refractivity contribution in [1.29, 1.82) is 0 Å². The molecule has 0 aliphatic carbocycles. The van der Waals surface area contributed by atoms with Crippen molar-refractivity contribution in [3.05, 3.63) is 45.3 Å². The van der Waals surface area contributed by atoms with Crippen LogP contribution in [0, 0.1) is 0 Å². The molecule has 124 valence electrons. The van der Waals surface area contributed by atoms with Gasteiger partial charge in [-0.1, -0.05) is 17.7 Å². The Morgan fingerprint density at radius 2 is 2.13 bits per heavy atom. The molecule has 23 heavy (non-hydrogen) atoms. The van der Waals surface area contributed by atoms with Crippen LogP contribution in [0.2, 0.25) is 4.34 Å². The van der Waals surface area contributed by atoms with Crippen molar-refractivity contribution in [3.63, 3.8) is 0 Å². The van der Waals surface area contributed by atoms with E-state index in [0.29, 0.717) is 14.8 Å². The predicted octanol–water partition coefficient (Wildman–Crippen LogP) is 0.920. The average molecular weight is 376 g/mol. The zero-order chi connectivity index (χ0) is 17.0. The Labute approximate surface area is 142 Å². The van der Waals surface area contributed by atoms with Crippen LogP contribution in [0.15, 0.2) is 36.1 Å². The van der Waals surface area contributed by atoms with Gasteiger partial charge < -0.3 is 4.90 Å². The van der Waals surface area contributed by atoms with Gasteiger partial charge in [-0.2, -0.15) is 0 Å². The minimum absolute atomic E-state index is 0.0947. The number of thiophene rings is 1. The molecule has 2 N–H and O–H groups in total. The predicted molar refractivity (Wildman–Crippen MR) is 88.6 cm³/mol. The first-order valence-electron chi connectivity index (χ1n) is 6.41. The standard InChI is InChI=1S/C13H14ClN3O4S2/c1-23(20,21)16-15-13(19)9-3-2-6-17(7-9)8-10(18)11-4-5-12(14)22-11/h2-6,16H,7-8H2,1H3,(H,15,19). The van der Waals surface area contributed by atoms with E-state index >= 15 is 0 Å². The second kappa shape index (κ2) is 7.26. The van der Waals surface area contributed by atoms with Gasteiger partial charge in [0.1, 0.15) is 0 Å². The normalized spacial score (nSPS) is 14.5. The van der Waals surface area contributed by atoms with Crippen LogP contribution in [0.4, 0.5) is 0 Å². The average Bonchev–Trinajstić information content (AvgIpc) is 2.91. The quantitative estimate of drug-likeness (QED) is 0.569. The number of rotatable bonds is 6. The van der Waals surface area contributed by atoms with Gasteiger partial charge in [-0.25, -0.2) is 8.42 Å². The van der Waals surface area contributed by atoms with Crippen LogP contribution in [0.25, 0.3) is 0 Å². The highest BCUT2D eigenvalue weighted by Gasteiger charge is 2.18. The lowest BCUT2D eigenvalue weighted by molar-refractivity contribution is -0.118. The number of allylic oxidation sites excluding steroid dienone is 2. The fourth-order valence-corrected chi connectivity index (χ4v) is 3.06. The molecule has 0 aromatic carbocycles. The third kappa shape index (κ3) is 5.47. The van der Waals surface area contributed by atoms with Crippen molar-refractivity contribution >= 4 is 44.7 Å². The Balaban J connectivity index is 1.93. The topological polar surface area (TPSA) is 95.6 Å². The fourth-order valence-electron chi connectivity index (χ4n) is 1.81. The van der Waals surface area contributed by atoms with E-state index in [4.69, 9.17) is 11.6 Å². The lowest BCUT2D eigenvalue weighted by atomic mass is 10.1. The van der Waals surface area contributed by atoms with E-state index in [-0.39, 0.29) is 18.9 Å². The van der Waals surface area contributed by atoms with Gasteiger partial charge in [0.2, 0.25) is 10.0 Å². The van der Waals surface area contributed by atoms with E-state index in [2.05, 4.69) is 5.43 Å². The number of carbonyl (C=O) groups is 2. The summed E-state index contributed by atoms with van der Waals surface area (Å²) in [4.78, 5) is 28.1. The Kier molecular flexibility index (Phi) is 5.58. The lowest BCUT2D eigenvalue weighted by Gasteiger charge is -2.23. The Morgan fingerprint density at radius 3 is 2.74 bits per heavy atom. The molecule has 0 saturated heterocycles. The van der Waals surface area contributed by atoms with E-state index in [0.717, 1.165) is 6.26 Å². The van der Waals surface area contributed by atoms with Crippen LogP contribution in [0.5, 0.6) is 0 Å². The monoisotopic (exact) mass is 375 g/mol. The first-order valence-corrected chi connectivity index (χ1v) is 9.50. The Bertz CT molecular complexity index is 783. The number of nitrogens with zero attached hydrogens (tertiary/aromatic N) is 1. The van der Waals surface area contributed by atoms with Gasteiger partial charge in [0.05, 0.1) is 22.0 Å². The van der Waals surface area contributed by atoms with Gasteiger partial charge in [-0.15, -0.1) is 16.2 Å². The second-order valence-corrected chi connectivity index (χ2v) is 8.26. The van der Waals surface area contributed by atoms with Crippen molar-refractivity contribution in [3.8, 4) is 0 Å². The molecule has 0 radical (unpaired) electrons. The summed E-state index contributed by atoms with van der Waals surface area (Å²) in [6.45, 7) is 0.288. The van der Waals surface area contributed by atoms with Crippen LogP contribution >= 0.6 is 22.9 Å². The van der Waals surface area contributed by atoms with E-state index in [1.807, 2.05) is 4.83 Å². The molecule has 0 spiro atoms. The van der Waals surface area contributed by atoms with Crippen molar-refractivity contribution in [2.45, 2.75) is 0 Å². The van der Waals surface area contributed by atoms with Crippen LogP contribution in [0.1, 0.15) is 9.67 Å². The maximum absolute atomic E-state index is 12.1. The summed E-state index contributed by atoms with van der Waals surface area (Å²) < 4.78 is 22.5. The zero-order valence-corrected chi connectivity index (χ0v) is 14.5. The number of sulfonamides is 1. The van der Waals surface area contributed by atoms with Gasteiger partial charge in [0.15, 0.2) is 5.78 Å². The summed E-state index contributed by atoms with van der Waals surface area (Å²) in [5.74, 6) is -0.682. The molecule has 7 nitrogen and oxygen atoms in total. The molecule has 2 rings (SSSR count). The molecule has 10 heteroatoms. The third-order valence-electron chi connectivity index (χ3n) is 2.80. The van der Waals surface area contributed by atoms with E-state index < -0.39 is 15.9 Å². The number of hydrogen-bond acceptors (Lipinski definition) is 6. The summed E-state index contributed by atoms with van der Waals surface area (Å²) in [6, 6.07) is 3.31.